The molecule has 0 aliphatic heterocycles. The fourth-order valence-electron chi connectivity index (χ4n) is 4.66. The predicted molar refractivity (Wildman–Crippen MR) is 222 cm³/mol. The predicted octanol–water partition coefficient (Wildman–Crippen LogP) is 8.61. The van der Waals surface area contributed by atoms with Gasteiger partial charge in [0.2, 0.25) is 0 Å². The number of carbonyl (C=O) groups excluding carboxylic acids is 4. The number of methoxy groups -OCH3 is 1. The maximum absolute atomic E-state index is 16.5. The largest absolute Gasteiger partial charge is 0.492 e. The van der Waals surface area contributed by atoms with Crippen molar-refractivity contribution in [2.45, 2.75) is 13.8 Å². The van der Waals surface area contributed by atoms with Gasteiger partial charge in [0.1, 0.15) is 11.7 Å². The average molecular weight is 787 g/mol. The van der Waals surface area contributed by atoms with E-state index < -0.39 is 35.4 Å². The smallest absolute Gasteiger partial charge is 0.344 e. The molecule has 0 amide bonds. The minimum atomic E-state index is -0.980. The van der Waals surface area contributed by atoms with Crippen LogP contribution < -0.4 is 9.47 Å². The summed E-state index contributed by atoms with van der Waals surface area (Å²) in [6, 6.07) is 21.3. The molecule has 0 atom stereocenters. The molecule has 0 aromatic heterocycles. The van der Waals surface area contributed by atoms with Crippen LogP contribution in [0.2, 0.25) is 0 Å². The highest BCUT2D eigenvalue weighted by molar-refractivity contribution is 5.88. The molecule has 0 saturated heterocycles. The number of halogens is 1. The van der Waals surface area contributed by atoms with Gasteiger partial charge in [0.25, 0.3) is 0 Å². The van der Waals surface area contributed by atoms with Crippen molar-refractivity contribution < 1.29 is 47.3 Å². The molecule has 0 unspecified atom stereocenters. The summed E-state index contributed by atoms with van der Waals surface area (Å²) >= 11 is 0. The number of benzene rings is 4. The van der Waals surface area contributed by atoms with E-state index in [9.17, 15) is 19.2 Å². The first-order valence-corrected chi connectivity index (χ1v) is 17.4. The van der Waals surface area contributed by atoms with Gasteiger partial charge in [-0.25, -0.2) is 23.6 Å². The second-order valence-electron chi connectivity index (χ2n) is 12.1. The minimum Gasteiger partial charge on any atom is -0.492 e. The standard InChI is InChI=1S/C49H35FO9/c1-8-43(51)56-31-28-41-40(24-18-35-14-20-38(21-15-35)39-22-16-37(17-23-39)27-30-58-49(54)33(5)6)45(50)47(55-7)42(46(41)59-44(52)9-2)25-19-34-10-12-36(13-11-34)26-29-57-48(53)32(3)4/h8-17,20-23,26-27,29-30H,1-3,5H2,4,6-7H3. The number of carbonyl (C=O) groups is 4. The van der Waals surface area contributed by atoms with Crippen molar-refractivity contribution in [3.8, 4) is 58.3 Å². The Morgan fingerprint density at radius 1 is 0.593 bits per heavy atom. The summed E-state index contributed by atoms with van der Waals surface area (Å²) in [5, 5.41) is 0. The summed E-state index contributed by atoms with van der Waals surface area (Å²) in [5.41, 5.74) is 3.94. The lowest BCUT2D eigenvalue weighted by Crippen LogP contribution is -2.10. The molecule has 0 saturated carbocycles. The average Bonchev–Trinajstić information content (AvgIpc) is 3.24. The van der Waals surface area contributed by atoms with E-state index in [4.69, 9.17) is 23.7 Å². The molecule has 0 fully saturated rings. The highest BCUT2D eigenvalue weighted by Gasteiger charge is 2.26. The van der Waals surface area contributed by atoms with E-state index in [1.165, 1.54) is 26.6 Å². The van der Waals surface area contributed by atoms with Crippen LogP contribution in [0.4, 0.5) is 4.39 Å². The van der Waals surface area contributed by atoms with E-state index in [2.05, 4.69) is 62.0 Å². The molecule has 0 aliphatic carbocycles. The van der Waals surface area contributed by atoms with Crippen LogP contribution in [0.3, 0.4) is 0 Å². The molecule has 59 heavy (non-hydrogen) atoms. The van der Waals surface area contributed by atoms with Gasteiger partial charge in [0.05, 0.1) is 30.8 Å². The molecule has 4 rings (SSSR count). The van der Waals surface area contributed by atoms with Crippen LogP contribution in [0.25, 0.3) is 23.3 Å². The Bertz CT molecular complexity index is 2590. The Balaban J connectivity index is 1.75. The number of rotatable bonds is 11. The molecule has 0 bridgehead atoms. The first-order chi connectivity index (χ1) is 28.3. The van der Waals surface area contributed by atoms with Gasteiger partial charge in [-0.15, -0.1) is 0 Å². The van der Waals surface area contributed by atoms with Crippen LogP contribution in [0.1, 0.15) is 52.8 Å². The highest BCUT2D eigenvalue weighted by atomic mass is 19.1. The van der Waals surface area contributed by atoms with Crippen LogP contribution in [0, 0.1) is 41.5 Å². The van der Waals surface area contributed by atoms with E-state index in [0.717, 1.165) is 28.8 Å². The van der Waals surface area contributed by atoms with Crippen molar-refractivity contribution >= 4 is 36.0 Å². The topological polar surface area (TPSA) is 114 Å². The van der Waals surface area contributed by atoms with Gasteiger partial charge in [-0.05, 0) is 78.4 Å². The molecule has 4 aromatic carbocycles. The van der Waals surface area contributed by atoms with E-state index in [0.29, 0.717) is 22.3 Å². The van der Waals surface area contributed by atoms with Crippen LogP contribution >= 0.6 is 0 Å². The van der Waals surface area contributed by atoms with Gasteiger partial charge < -0.3 is 23.7 Å². The van der Waals surface area contributed by atoms with Crippen LogP contribution in [0.5, 0.6) is 11.5 Å². The highest BCUT2D eigenvalue weighted by Crippen LogP contribution is 2.38. The van der Waals surface area contributed by atoms with Crippen LogP contribution in [-0.4, -0.2) is 31.0 Å². The number of esters is 4. The Morgan fingerprint density at radius 2 is 1.05 bits per heavy atom. The third-order valence-electron chi connectivity index (χ3n) is 7.69. The Kier molecular flexibility index (Phi) is 15.5. The SMILES string of the molecule is C=CC(=O)OC#Cc1c(C#Cc2ccc(-c3ccc(C=COC(=O)C(=C)C)cc3)cc2)c(F)c(OC)c(C#Cc2ccc(C=COC(=O)C(=C)C)cc2)c1OC(=O)C=C. The van der Waals surface area contributed by atoms with E-state index in [-0.39, 0.29) is 28.0 Å². The Labute approximate surface area is 341 Å². The van der Waals surface area contributed by atoms with Crippen molar-refractivity contribution in [3.63, 3.8) is 0 Å². The molecule has 0 aliphatic rings. The van der Waals surface area contributed by atoms with Crippen molar-refractivity contribution in [2.24, 2.45) is 0 Å². The molecule has 292 valence electrons. The molecule has 4 aromatic rings. The van der Waals surface area contributed by atoms with Crippen molar-refractivity contribution in [3.05, 3.63) is 180 Å². The van der Waals surface area contributed by atoms with Crippen molar-refractivity contribution in [1.82, 2.24) is 0 Å². The second-order valence-corrected chi connectivity index (χ2v) is 12.1. The van der Waals surface area contributed by atoms with E-state index >= 15 is 4.39 Å². The lowest BCUT2D eigenvalue weighted by atomic mass is 9.99. The molecular weight excluding hydrogens is 752 g/mol. The molecule has 0 radical (unpaired) electrons. The van der Waals surface area contributed by atoms with Crippen molar-refractivity contribution in [1.29, 1.82) is 0 Å². The first kappa shape index (κ1) is 43.3. The number of hydrogen-bond acceptors (Lipinski definition) is 9. The molecule has 9 nitrogen and oxygen atoms in total. The third kappa shape index (κ3) is 12.3. The maximum Gasteiger partial charge on any atom is 0.344 e. The van der Waals surface area contributed by atoms with Crippen LogP contribution in [0.15, 0.2) is 135 Å². The van der Waals surface area contributed by atoms with Gasteiger partial charge in [-0.1, -0.05) is 98.5 Å². The maximum atomic E-state index is 16.5. The van der Waals surface area contributed by atoms with E-state index in [1.54, 1.807) is 55.5 Å². The van der Waals surface area contributed by atoms with Gasteiger partial charge in [-0.3, -0.25) is 0 Å². The zero-order chi connectivity index (χ0) is 42.9. The Hall–Kier alpha value is -8.39. The minimum absolute atomic E-state index is 0.195. The lowest BCUT2D eigenvalue weighted by molar-refractivity contribution is -0.134. The van der Waals surface area contributed by atoms with E-state index in [1.807, 2.05) is 36.4 Å². The molecule has 0 heterocycles. The summed E-state index contributed by atoms with van der Waals surface area (Å²) in [7, 11) is 1.21. The second kappa shape index (κ2) is 21.1. The van der Waals surface area contributed by atoms with Gasteiger partial charge >= 0.3 is 23.9 Å². The quantitative estimate of drug-likeness (QED) is 0.0368. The fourth-order valence-corrected chi connectivity index (χ4v) is 4.66. The first-order valence-electron chi connectivity index (χ1n) is 17.4. The van der Waals surface area contributed by atoms with Gasteiger partial charge in [0, 0.05) is 34.4 Å². The Morgan fingerprint density at radius 3 is 1.53 bits per heavy atom. The van der Waals surface area contributed by atoms with Crippen LogP contribution in [-0.2, 0) is 33.4 Å². The molecule has 10 heteroatoms. The zero-order valence-corrected chi connectivity index (χ0v) is 32.3. The number of ether oxygens (including phenoxy) is 5. The molecule has 0 N–H and O–H groups in total. The molecule has 0 spiro atoms. The number of hydrogen-bond donors (Lipinski definition) is 0. The van der Waals surface area contributed by atoms with Gasteiger partial charge in [-0.2, -0.15) is 0 Å². The summed E-state index contributed by atoms with van der Waals surface area (Å²) in [6.45, 7) is 16.9. The van der Waals surface area contributed by atoms with Gasteiger partial charge in [0.15, 0.2) is 17.3 Å². The fraction of sp³-hybridized carbons (Fsp3) is 0.0612. The monoisotopic (exact) mass is 786 g/mol. The zero-order valence-electron chi connectivity index (χ0n) is 32.3. The summed E-state index contributed by atoms with van der Waals surface area (Å²) in [4.78, 5) is 47.7. The van der Waals surface area contributed by atoms with Crippen molar-refractivity contribution in [2.75, 3.05) is 7.11 Å². The normalized spacial score (nSPS) is 10.0. The molecular formula is C49H35FO9. The summed E-state index contributed by atoms with van der Waals surface area (Å²) in [5.74, 6) is 9.33. The summed E-state index contributed by atoms with van der Waals surface area (Å²) < 4.78 is 42.3. The lowest BCUT2D eigenvalue weighted by Gasteiger charge is -2.15. The third-order valence-corrected chi connectivity index (χ3v) is 7.69. The summed E-state index contributed by atoms with van der Waals surface area (Å²) in [6.07, 6.45) is 9.71.